The molecule has 0 bridgehead atoms. The van der Waals surface area contributed by atoms with E-state index in [-0.39, 0.29) is 29.7 Å². The Kier molecular flexibility index (Phi) is 5.20. The van der Waals surface area contributed by atoms with E-state index in [0.29, 0.717) is 6.54 Å². The van der Waals surface area contributed by atoms with Gasteiger partial charge in [0.25, 0.3) is 0 Å². The molecule has 0 spiro atoms. The van der Waals surface area contributed by atoms with Crippen molar-refractivity contribution in [3.63, 3.8) is 0 Å². The molecule has 0 fully saturated rings. The molecule has 0 amide bonds. The van der Waals surface area contributed by atoms with Crippen LogP contribution < -0.4 is 5.73 Å². The molecule has 1 aromatic rings. The first kappa shape index (κ1) is 15.3. The normalized spacial score (nSPS) is 11.7. The number of hydrogen-bond donors (Lipinski definition) is 1. The maximum absolute atomic E-state index is 12.4. The van der Waals surface area contributed by atoms with Crippen molar-refractivity contribution in [1.29, 1.82) is 5.26 Å². The zero-order valence-electron chi connectivity index (χ0n) is 10.9. The van der Waals surface area contributed by atoms with Crippen LogP contribution in [0.2, 0.25) is 0 Å². The second kappa shape index (κ2) is 6.45. The summed E-state index contributed by atoms with van der Waals surface area (Å²) in [7, 11) is -3.68. The summed E-state index contributed by atoms with van der Waals surface area (Å²) in [6.45, 7) is 4.32. The van der Waals surface area contributed by atoms with E-state index in [1.807, 2.05) is 19.9 Å². The average molecular weight is 283 g/mol. The van der Waals surface area contributed by atoms with Crippen LogP contribution in [0.5, 0.6) is 0 Å². The minimum absolute atomic E-state index is 0.0136. The first-order valence-corrected chi connectivity index (χ1v) is 7.26. The monoisotopic (exact) mass is 283 g/mol. The van der Waals surface area contributed by atoms with Crippen LogP contribution in [-0.2, 0) is 10.0 Å². The maximum Gasteiger partial charge on any atom is 0.246 e. The number of nitrogens with zero attached hydrogens (tertiary/aromatic N) is 4. The van der Waals surface area contributed by atoms with E-state index in [4.69, 9.17) is 11.0 Å². The molecule has 104 valence electrons. The van der Waals surface area contributed by atoms with E-state index in [1.54, 1.807) is 0 Å². The molecule has 0 aliphatic rings. The van der Waals surface area contributed by atoms with Gasteiger partial charge >= 0.3 is 0 Å². The highest BCUT2D eigenvalue weighted by Gasteiger charge is 2.25. The summed E-state index contributed by atoms with van der Waals surface area (Å²) in [4.78, 5) is 7.35. The second-order valence-electron chi connectivity index (χ2n) is 4.44. The van der Waals surface area contributed by atoms with Crippen molar-refractivity contribution >= 4 is 16.0 Å². The summed E-state index contributed by atoms with van der Waals surface area (Å²) in [6.07, 6.45) is 2.50. The lowest BCUT2D eigenvalue weighted by Crippen LogP contribution is -2.35. The number of nitriles is 1. The van der Waals surface area contributed by atoms with Gasteiger partial charge in [0.05, 0.1) is 18.5 Å². The molecule has 0 aromatic carbocycles. The third-order valence-electron chi connectivity index (χ3n) is 2.33. The predicted octanol–water partition coefficient (Wildman–Crippen LogP) is 0.619. The fraction of sp³-hybridized carbons (Fsp3) is 0.545. The summed E-state index contributed by atoms with van der Waals surface area (Å²) in [5.41, 5.74) is 5.33. The summed E-state index contributed by atoms with van der Waals surface area (Å²) >= 11 is 0. The van der Waals surface area contributed by atoms with E-state index in [9.17, 15) is 8.42 Å². The molecule has 1 rings (SSSR count). The number of sulfonamides is 1. The van der Waals surface area contributed by atoms with Crippen molar-refractivity contribution in [2.75, 3.05) is 18.8 Å². The Balaban J connectivity index is 3.04. The number of anilines is 1. The Hall–Kier alpha value is -1.72. The van der Waals surface area contributed by atoms with Crippen LogP contribution >= 0.6 is 0 Å². The number of nitrogen functional groups attached to an aromatic ring is 1. The van der Waals surface area contributed by atoms with Crippen LogP contribution in [-0.4, -0.2) is 35.8 Å². The lowest BCUT2D eigenvalue weighted by atomic mass is 10.2. The summed E-state index contributed by atoms with van der Waals surface area (Å²) in [5.74, 6) is 0.176. The highest BCUT2D eigenvalue weighted by Crippen LogP contribution is 2.16. The molecule has 1 aromatic heterocycles. The fourth-order valence-electron chi connectivity index (χ4n) is 1.50. The first-order chi connectivity index (χ1) is 8.87. The molecule has 0 saturated carbocycles. The lowest BCUT2D eigenvalue weighted by Gasteiger charge is -2.22. The Morgan fingerprint density at radius 2 is 2.00 bits per heavy atom. The van der Waals surface area contributed by atoms with Gasteiger partial charge in [0.15, 0.2) is 0 Å². The summed E-state index contributed by atoms with van der Waals surface area (Å²) < 4.78 is 26.0. The van der Waals surface area contributed by atoms with Crippen molar-refractivity contribution in [2.45, 2.75) is 25.2 Å². The zero-order valence-corrected chi connectivity index (χ0v) is 11.8. The van der Waals surface area contributed by atoms with Crippen LogP contribution in [0.1, 0.15) is 20.3 Å². The molecule has 0 saturated heterocycles. The second-order valence-corrected chi connectivity index (χ2v) is 6.38. The zero-order chi connectivity index (χ0) is 14.5. The van der Waals surface area contributed by atoms with Crippen molar-refractivity contribution in [1.82, 2.24) is 14.3 Å². The van der Waals surface area contributed by atoms with Gasteiger partial charge in [-0.3, -0.25) is 0 Å². The number of rotatable bonds is 6. The topological polar surface area (TPSA) is 113 Å². The molecule has 0 aliphatic heterocycles. The van der Waals surface area contributed by atoms with Gasteiger partial charge in [-0.1, -0.05) is 13.8 Å². The molecule has 0 atom stereocenters. The minimum Gasteiger partial charge on any atom is -0.368 e. The van der Waals surface area contributed by atoms with Crippen molar-refractivity contribution in [2.24, 2.45) is 5.92 Å². The molecule has 0 unspecified atom stereocenters. The molecule has 7 nitrogen and oxygen atoms in total. The van der Waals surface area contributed by atoms with Crippen LogP contribution in [0.3, 0.4) is 0 Å². The van der Waals surface area contributed by atoms with Crippen LogP contribution in [0.25, 0.3) is 0 Å². The lowest BCUT2D eigenvalue weighted by molar-refractivity contribution is 0.372. The van der Waals surface area contributed by atoms with E-state index < -0.39 is 10.0 Å². The third kappa shape index (κ3) is 4.15. The quantitative estimate of drug-likeness (QED) is 0.818. The minimum atomic E-state index is -3.68. The van der Waals surface area contributed by atoms with Crippen LogP contribution in [0, 0.1) is 17.2 Å². The van der Waals surface area contributed by atoms with Gasteiger partial charge in [0, 0.05) is 19.5 Å². The Morgan fingerprint density at radius 3 is 2.47 bits per heavy atom. The Morgan fingerprint density at radius 1 is 1.42 bits per heavy atom. The Bertz CT molecular complexity index is 547. The molecular formula is C11H17N5O2S. The van der Waals surface area contributed by atoms with Crippen molar-refractivity contribution in [3.05, 3.63) is 12.4 Å². The average Bonchev–Trinajstić information content (AvgIpc) is 2.34. The van der Waals surface area contributed by atoms with Gasteiger partial charge in [-0.25, -0.2) is 18.4 Å². The van der Waals surface area contributed by atoms with Crippen molar-refractivity contribution in [3.8, 4) is 6.07 Å². The van der Waals surface area contributed by atoms with Gasteiger partial charge in [0.2, 0.25) is 16.0 Å². The molecule has 0 aliphatic carbocycles. The largest absolute Gasteiger partial charge is 0.368 e. The van der Waals surface area contributed by atoms with Gasteiger partial charge in [0.1, 0.15) is 4.90 Å². The van der Waals surface area contributed by atoms with Gasteiger partial charge in [-0.2, -0.15) is 9.57 Å². The molecule has 0 radical (unpaired) electrons. The summed E-state index contributed by atoms with van der Waals surface area (Å²) in [5, 5.41) is 8.61. The predicted molar refractivity (Wildman–Crippen MR) is 70.3 cm³/mol. The van der Waals surface area contributed by atoms with Gasteiger partial charge in [-0.15, -0.1) is 0 Å². The fourth-order valence-corrected chi connectivity index (χ4v) is 3.00. The summed E-state index contributed by atoms with van der Waals surface area (Å²) in [6, 6.07) is 1.95. The Labute approximate surface area is 113 Å². The SMILES string of the molecule is CC(C)CN(CCC#N)S(=O)(=O)c1cnc(N)nc1. The van der Waals surface area contributed by atoms with E-state index >= 15 is 0 Å². The number of aromatic nitrogens is 2. The molecule has 8 heteroatoms. The standard InChI is InChI=1S/C11H17N5O2S/c1-9(2)8-16(5-3-4-12)19(17,18)10-6-14-11(13)15-7-10/h6-7,9H,3,5,8H2,1-2H3,(H2,13,14,15). The molecule has 1 heterocycles. The molecular weight excluding hydrogens is 266 g/mol. The van der Waals surface area contributed by atoms with E-state index in [0.717, 1.165) is 0 Å². The third-order valence-corrected chi connectivity index (χ3v) is 4.15. The van der Waals surface area contributed by atoms with Crippen LogP contribution in [0.15, 0.2) is 17.3 Å². The highest BCUT2D eigenvalue weighted by molar-refractivity contribution is 7.89. The van der Waals surface area contributed by atoms with Crippen LogP contribution in [0.4, 0.5) is 5.95 Å². The van der Waals surface area contributed by atoms with Crippen molar-refractivity contribution < 1.29 is 8.42 Å². The highest BCUT2D eigenvalue weighted by atomic mass is 32.2. The molecule has 19 heavy (non-hydrogen) atoms. The van der Waals surface area contributed by atoms with Gasteiger partial charge < -0.3 is 5.73 Å². The van der Waals surface area contributed by atoms with E-state index in [1.165, 1.54) is 16.7 Å². The van der Waals surface area contributed by atoms with Gasteiger partial charge in [-0.05, 0) is 5.92 Å². The smallest absolute Gasteiger partial charge is 0.246 e. The molecule has 2 N–H and O–H groups in total. The number of nitrogens with two attached hydrogens (primary N) is 1. The van der Waals surface area contributed by atoms with E-state index in [2.05, 4.69) is 9.97 Å². The first-order valence-electron chi connectivity index (χ1n) is 5.82. The number of hydrogen-bond acceptors (Lipinski definition) is 6. The maximum atomic E-state index is 12.4.